The molecule has 2 aromatic rings. The topological polar surface area (TPSA) is 55.8 Å². The van der Waals surface area contributed by atoms with Crippen LogP contribution in [0.1, 0.15) is 5.56 Å². The highest BCUT2D eigenvalue weighted by Crippen LogP contribution is 2.32. The molecular weight excluding hydrogens is 334 g/mol. The Morgan fingerprint density at radius 1 is 1.17 bits per heavy atom. The maximum absolute atomic E-state index is 14.7. The molecule has 0 unspecified atom stereocenters. The van der Waals surface area contributed by atoms with E-state index in [1.807, 2.05) is 19.6 Å². The number of hydrogen-bond acceptors (Lipinski definition) is 3. The van der Waals surface area contributed by atoms with Crippen molar-refractivity contribution in [2.45, 2.75) is 26.1 Å². The number of hydrogen-bond donors (Lipinski definition) is 1. The van der Waals surface area contributed by atoms with E-state index in [-0.39, 0.29) is 24.3 Å². The van der Waals surface area contributed by atoms with E-state index < -0.39 is 25.7 Å². The van der Waals surface area contributed by atoms with Gasteiger partial charge < -0.3 is 14.6 Å². The summed E-state index contributed by atoms with van der Waals surface area (Å²) in [7, 11) is -0.709. The summed E-state index contributed by atoms with van der Waals surface area (Å²) in [6.07, 6.45) is -0.236. The fraction of sp³-hybridized carbons (Fsp3) is 0.353. The van der Waals surface area contributed by atoms with Gasteiger partial charge >= 0.3 is 5.97 Å². The van der Waals surface area contributed by atoms with Crippen molar-refractivity contribution in [3.05, 3.63) is 35.4 Å². The first-order valence-corrected chi connectivity index (χ1v) is 10.9. The number of fused-ring (bicyclic) bond motifs is 1. The van der Waals surface area contributed by atoms with Gasteiger partial charge in [0, 0.05) is 7.11 Å². The highest BCUT2D eigenvalue weighted by Gasteiger charge is 2.26. The number of carbonyl (C=O) groups is 1. The van der Waals surface area contributed by atoms with Crippen LogP contribution in [0.3, 0.4) is 0 Å². The third kappa shape index (κ3) is 3.73. The molecule has 7 heteroatoms. The average Bonchev–Trinajstić information content (AvgIpc) is 2.46. The summed E-state index contributed by atoms with van der Waals surface area (Å²) in [6.45, 7) is 5.60. The number of carboxylic acids is 1. The van der Waals surface area contributed by atoms with E-state index >= 15 is 0 Å². The zero-order valence-corrected chi connectivity index (χ0v) is 15.1. The highest BCUT2D eigenvalue weighted by molar-refractivity contribution is 6.88. The Morgan fingerprint density at radius 3 is 2.38 bits per heavy atom. The van der Waals surface area contributed by atoms with Crippen molar-refractivity contribution in [3.8, 4) is 5.75 Å². The molecule has 0 aliphatic rings. The zero-order valence-electron chi connectivity index (χ0n) is 14.1. The normalized spacial score (nSPS) is 11.8. The van der Waals surface area contributed by atoms with Crippen LogP contribution in [0.4, 0.5) is 8.78 Å². The Labute approximate surface area is 140 Å². The molecule has 0 fully saturated rings. The number of methoxy groups -OCH3 is 1. The number of ether oxygens (including phenoxy) is 2. The average molecular weight is 354 g/mol. The van der Waals surface area contributed by atoms with Crippen molar-refractivity contribution < 1.29 is 28.2 Å². The molecule has 0 aliphatic heterocycles. The van der Waals surface area contributed by atoms with Crippen LogP contribution in [-0.2, 0) is 16.0 Å². The molecule has 0 spiro atoms. The molecule has 0 atom stereocenters. The molecule has 0 aromatic heterocycles. The largest absolute Gasteiger partial charge is 0.481 e. The lowest BCUT2D eigenvalue weighted by Gasteiger charge is -2.20. The van der Waals surface area contributed by atoms with Gasteiger partial charge in [0.05, 0.1) is 19.9 Å². The molecule has 1 N–H and O–H groups in total. The monoisotopic (exact) mass is 354 g/mol. The van der Waals surface area contributed by atoms with Crippen molar-refractivity contribution in [2.24, 2.45) is 0 Å². The molecule has 0 heterocycles. The van der Waals surface area contributed by atoms with Gasteiger partial charge in [0.2, 0.25) is 0 Å². The van der Waals surface area contributed by atoms with Crippen LogP contribution in [0.2, 0.25) is 19.6 Å². The maximum Gasteiger partial charge on any atom is 0.307 e. The molecule has 0 bridgehead atoms. The van der Waals surface area contributed by atoms with Crippen molar-refractivity contribution in [1.29, 1.82) is 0 Å². The van der Waals surface area contributed by atoms with Crippen molar-refractivity contribution in [3.63, 3.8) is 0 Å². The predicted molar refractivity (Wildman–Crippen MR) is 90.7 cm³/mol. The standard InChI is InChI=1S/C17H20F2O4Si/c1-22-9-23-12-6-10(7-14(20)21)5-11-8-13(24(2,3)4)16(18)17(19)15(11)12/h5-6,8H,7,9H2,1-4H3,(H,20,21). The van der Waals surface area contributed by atoms with Crippen LogP contribution in [0.5, 0.6) is 5.75 Å². The Balaban J connectivity index is 2.77. The number of carboxylic acid groups (broad SMARTS) is 1. The number of rotatable bonds is 6. The summed E-state index contributed by atoms with van der Waals surface area (Å²) in [5.74, 6) is -2.78. The predicted octanol–water partition coefficient (Wildman–Crippen LogP) is 3.27. The van der Waals surface area contributed by atoms with Gasteiger partial charge in [-0.3, -0.25) is 4.79 Å². The van der Waals surface area contributed by atoms with Crippen molar-refractivity contribution >= 4 is 30.0 Å². The smallest absolute Gasteiger partial charge is 0.307 e. The first kappa shape index (κ1) is 18.3. The highest BCUT2D eigenvalue weighted by atomic mass is 28.3. The maximum atomic E-state index is 14.7. The van der Waals surface area contributed by atoms with Crippen LogP contribution in [0.25, 0.3) is 10.8 Å². The lowest BCUT2D eigenvalue weighted by molar-refractivity contribution is -0.136. The van der Waals surface area contributed by atoms with Gasteiger partial charge in [-0.2, -0.15) is 0 Å². The van der Waals surface area contributed by atoms with Crippen LogP contribution in [0, 0.1) is 11.6 Å². The summed E-state index contributed by atoms with van der Waals surface area (Å²) in [6, 6.07) is 4.58. The first-order valence-electron chi connectivity index (χ1n) is 7.43. The van der Waals surface area contributed by atoms with E-state index in [9.17, 15) is 13.6 Å². The second-order valence-electron chi connectivity index (χ2n) is 6.62. The van der Waals surface area contributed by atoms with Crippen molar-refractivity contribution in [2.75, 3.05) is 13.9 Å². The zero-order chi connectivity index (χ0) is 18.1. The van der Waals surface area contributed by atoms with E-state index in [2.05, 4.69) is 0 Å². The van der Waals surface area contributed by atoms with E-state index in [4.69, 9.17) is 14.6 Å². The van der Waals surface area contributed by atoms with Gasteiger partial charge in [0.25, 0.3) is 0 Å². The Hall–Kier alpha value is -1.99. The molecule has 2 aromatic carbocycles. The number of benzene rings is 2. The Bertz CT molecular complexity index is 784. The van der Waals surface area contributed by atoms with E-state index in [0.717, 1.165) is 0 Å². The molecule has 130 valence electrons. The third-order valence-electron chi connectivity index (χ3n) is 3.64. The molecule has 0 saturated heterocycles. The van der Waals surface area contributed by atoms with Crippen LogP contribution >= 0.6 is 0 Å². The fourth-order valence-electron chi connectivity index (χ4n) is 2.55. The Morgan fingerprint density at radius 2 is 1.83 bits per heavy atom. The van der Waals surface area contributed by atoms with Gasteiger partial charge in [-0.05, 0) is 22.2 Å². The SMILES string of the molecule is COCOc1cc(CC(=O)O)cc2cc([Si](C)(C)C)c(F)c(F)c12. The lowest BCUT2D eigenvalue weighted by Crippen LogP contribution is -2.40. The summed E-state index contributed by atoms with van der Waals surface area (Å²) in [5.41, 5.74) is 0.452. The summed E-state index contributed by atoms with van der Waals surface area (Å²) in [5, 5.41) is 9.78. The fourth-order valence-corrected chi connectivity index (χ4v) is 3.91. The first-order chi connectivity index (χ1) is 11.1. The summed E-state index contributed by atoms with van der Waals surface area (Å²) < 4.78 is 39.4. The number of aliphatic carboxylic acids is 1. The van der Waals surface area contributed by atoms with Crippen LogP contribution in [-0.4, -0.2) is 33.1 Å². The Kier molecular flexibility index (Phi) is 5.25. The molecule has 0 aliphatic carbocycles. The summed E-state index contributed by atoms with van der Waals surface area (Å²) >= 11 is 0. The lowest BCUT2D eigenvalue weighted by atomic mass is 10.0. The quantitative estimate of drug-likeness (QED) is 0.639. The molecular formula is C17H20F2O4Si. The third-order valence-corrected chi connectivity index (χ3v) is 5.62. The molecule has 0 saturated carbocycles. The van der Waals surface area contributed by atoms with Crippen LogP contribution < -0.4 is 9.92 Å². The van der Waals surface area contributed by atoms with Gasteiger partial charge in [0.1, 0.15) is 5.75 Å². The molecule has 4 nitrogen and oxygen atoms in total. The van der Waals surface area contributed by atoms with Gasteiger partial charge in [-0.15, -0.1) is 0 Å². The van der Waals surface area contributed by atoms with E-state index in [0.29, 0.717) is 16.1 Å². The van der Waals surface area contributed by atoms with Crippen LogP contribution in [0.15, 0.2) is 18.2 Å². The minimum atomic E-state index is -2.12. The molecule has 2 rings (SSSR count). The van der Waals surface area contributed by atoms with E-state index in [1.54, 1.807) is 12.1 Å². The number of halogens is 2. The minimum absolute atomic E-state index is 0.000638. The molecule has 0 radical (unpaired) electrons. The van der Waals surface area contributed by atoms with Gasteiger partial charge in [-0.1, -0.05) is 31.8 Å². The summed E-state index contributed by atoms with van der Waals surface area (Å²) in [4.78, 5) is 11.0. The van der Waals surface area contributed by atoms with Gasteiger partial charge in [0.15, 0.2) is 18.4 Å². The second kappa shape index (κ2) is 6.86. The second-order valence-corrected chi connectivity index (χ2v) is 11.7. The van der Waals surface area contributed by atoms with E-state index in [1.165, 1.54) is 13.2 Å². The van der Waals surface area contributed by atoms with Crippen molar-refractivity contribution in [1.82, 2.24) is 0 Å². The molecule has 0 amide bonds. The molecule has 24 heavy (non-hydrogen) atoms. The minimum Gasteiger partial charge on any atom is -0.481 e. The van der Waals surface area contributed by atoms with Gasteiger partial charge in [-0.25, -0.2) is 8.78 Å².